The zero-order chi connectivity index (χ0) is 22.5. The van der Waals surface area contributed by atoms with Gasteiger partial charge in [0, 0.05) is 7.11 Å². The molecule has 10 nitrogen and oxygen atoms in total. The maximum atomic E-state index is 14.3. The van der Waals surface area contributed by atoms with Gasteiger partial charge in [-0.15, -0.1) is 0 Å². The van der Waals surface area contributed by atoms with Gasteiger partial charge in [-0.1, -0.05) is 5.16 Å². The number of hydrogen-bond donors (Lipinski definition) is 1. The molecule has 1 atom stereocenters. The van der Waals surface area contributed by atoms with Crippen molar-refractivity contribution < 1.29 is 18.8 Å². The quantitative estimate of drug-likeness (QED) is 0.513. The lowest BCUT2D eigenvalue weighted by atomic mass is 10.1. The molecule has 1 N–H and O–H groups in total. The Kier molecular flexibility index (Phi) is 4.83. The third kappa shape index (κ3) is 2.99. The number of ether oxygens (including phenoxy) is 1. The van der Waals surface area contributed by atoms with E-state index in [1.165, 1.54) is 28.5 Å². The number of halogens is 1. The van der Waals surface area contributed by atoms with E-state index >= 15 is 0 Å². The number of rotatable bonds is 5. The molecule has 3 aromatic heterocycles. The summed E-state index contributed by atoms with van der Waals surface area (Å²) in [6.45, 7) is 4.69. The average Bonchev–Trinajstić information content (AvgIpc) is 3.41. The summed E-state index contributed by atoms with van der Waals surface area (Å²) >= 11 is 0. The van der Waals surface area contributed by atoms with Crippen molar-refractivity contribution in [3.63, 3.8) is 0 Å². The zero-order valence-electron chi connectivity index (χ0n) is 17.2. The number of aromatic nitrogens is 5. The topological polar surface area (TPSA) is 131 Å². The summed E-state index contributed by atoms with van der Waals surface area (Å²) in [6.07, 6.45) is 1.37. The Morgan fingerprint density at radius 3 is 2.77 bits per heavy atom. The molecule has 160 valence electrons. The number of imidazole rings is 1. The van der Waals surface area contributed by atoms with Gasteiger partial charge in [0.15, 0.2) is 0 Å². The molecule has 0 saturated heterocycles. The van der Waals surface area contributed by atoms with E-state index in [-0.39, 0.29) is 34.0 Å². The summed E-state index contributed by atoms with van der Waals surface area (Å²) in [5, 5.41) is 23.2. The summed E-state index contributed by atoms with van der Waals surface area (Å²) in [6, 6.07) is 3.67. The van der Waals surface area contributed by atoms with Crippen LogP contribution in [0.15, 0.2) is 27.8 Å². The normalized spacial score (nSPS) is 13.1. The van der Waals surface area contributed by atoms with Gasteiger partial charge in [0.2, 0.25) is 5.82 Å². The van der Waals surface area contributed by atoms with Crippen LogP contribution in [0.25, 0.3) is 28.1 Å². The SMILES string of the molecule is COC(C)(C)c1nc(-c2ncn3c2c(=O)n(C(C)CO)c2c(C#N)c(F)ccc23)no1. The Hall–Kier alpha value is -3.62. The Bertz CT molecular complexity index is 1410. The van der Waals surface area contributed by atoms with Crippen molar-refractivity contribution in [3.8, 4) is 17.6 Å². The molecule has 31 heavy (non-hydrogen) atoms. The van der Waals surface area contributed by atoms with Gasteiger partial charge < -0.3 is 14.4 Å². The van der Waals surface area contributed by atoms with Gasteiger partial charge in [0.25, 0.3) is 11.4 Å². The third-order valence-electron chi connectivity index (χ3n) is 5.28. The largest absolute Gasteiger partial charge is 0.394 e. The van der Waals surface area contributed by atoms with Crippen molar-refractivity contribution >= 4 is 16.6 Å². The smallest absolute Gasteiger partial charge is 0.278 e. The second-order valence-electron chi connectivity index (χ2n) is 7.56. The van der Waals surface area contributed by atoms with Crippen molar-refractivity contribution in [2.75, 3.05) is 13.7 Å². The molecule has 0 radical (unpaired) electrons. The van der Waals surface area contributed by atoms with E-state index in [9.17, 15) is 19.6 Å². The molecule has 0 amide bonds. The predicted octanol–water partition coefficient (Wildman–Crippen LogP) is 2.14. The molecule has 0 aliphatic heterocycles. The van der Waals surface area contributed by atoms with Crippen LogP contribution < -0.4 is 5.56 Å². The molecule has 0 bridgehead atoms. The van der Waals surface area contributed by atoms with Gasteiger partial charge in [-0.05, 0) is 32.9 Å². The van der Waals surface area contributed by atoms with Crippen LogP contribution in [0.3, 0.4) is 0 Å². The second-order valence-corrected chi connectivity index (χ2v) is 7.56. The van der Waals surface area contributed by atoms with Gasteiger partial charge in [-0.25, -0.2) is 9.37 Å². The van der Waals surface area contributed by atoms with Crippen molar-refractivity contribution in [1.82, 2.24) is 24.1 Å². The maximum absolute atomic E-state index is 14.3. The Morgan fingerprint density at radius 2 is 2.13 bits per heavy atom. The van der Waals surface area contributed by atoms with Crippen LogP contribution in [-0.4, -0.2) is 42.9 Å². The molecule has 4 aromatic rings. The first-order chi connectivity index (χ1) is 14.7. The minimum Gasteiger partial charge on any atom is -0.394 e. The molecular formula is C20H19FN6O4. The lowest BCUT2D eigenvalue weighted by Crippen LogP contribution is -2.28. The first-order valence-electron chi connectivity index (χ1n) is 9.39. The Balaban J connectivity index is 2.11. The number of aliphatic hydroxyl groups excluding tert-OH is 1. The first-order valence-corrected chi connectivity index (χ1v) is 9.39. The molecule has 0 spiro atoms. The Morgan fingerprint density at radius 1 is 1.39 bits per heavy atom. The van der Waals surface area contributed by atoms with E-state index < -0.39 is 29.6 Å². The predicted molar refractivity (Wildman–Crippen MR) is 107 cm³/mol. The molecule has 0 aliphatic carbocycles. The van der Waals surface area contributed by atoms with Gasteiger partial charge in [0.05, 0.1) is 23.7 Å². The first kappa shape index (κ1) is 20.6. The highest BCUT2D eigenvalue weighted by Crippen LogP contribution is 2.29. The van der Waals surface area contributed by atoms with Crippen LogP contribution in [0.2, 0.25) is 0 Å². The third-order valence-corrected chi connectivity index (χ3v) is 5.28. The molecule has 11 heteroatoms. The molecule has 0 fully saturated rings. The van der Waals surface area contributed by atoms with Gasteiger partial charge >= 0.3 is 0 Å². The van der Waals surface area contributed by atoms with Crippen LogP contribution in [-0.2, 0) is 10.3 Å². The second kappa shape index (κ2) is 7.26. The number of nitriles is 1. The molecular weight excluding hydrogens is 407 g/mol. The highest BCUT2D eigenvalue weighted by atomic mass is 19.1. The lowest BCUT2D eigenvalue weighted by Gasteiger charge is -2.18. The number of fused-ring (bicyclic) bond motifs is 3. The number of hydrogen-bond acceptors (Lipinski definition) is 8. The standard InChI is InChI=1S/C20H19FN6O4/c1-10(8-28)27-15-11(7-22)12(21)5-6-13(15)26-9-23-14(16(26)18(27)29)17-24-19(31-25-17)20(2,3)30-4/h5-6,9-10,28H,8H2,1-4H3. The molecule has 3 heterocycles. The fraction of sp³-hybridized carbons (Fsp3) is 0.350. The summed E-state index contributed by atoms with van der Waals surface area (Å²) < 4.78 is 27.6. The maximum Gasteiger partial charge on any atom is 0.278 e. The van der Waals surface area contributed by atoms with Gasteiger partial charge in [-0.2, -0.15) is 10.2 Å². The van der Waals surface area contributed by atoms with Crippen molar-refractivity contribution in [1.29, 1.82) is 5.26 Å². The van der Waals surface area contributed by atoms with Crippen molar-refractivity contribution in [2.45, 2.75) is 32.4 Å². The fourth-order valence-electron chi connectivity index (χ4n) is 3.37. The van der Waals surface area contributed by atoms with Crippen LogP contribution in [0, 0.1) is 17.1 Å². The summed E-state index contributed by atoms with van der Waals surface area (Å²) in [5.74, 6) is -0.493. The van der Waals surface area contributed by atoms with Crippen LogP contribution in [0.5, 0.6) is 0 Å². The number of nitrogens with zero attached hydrogens (tertiary/aromatic N) is 6. The summed E-state index contributed by atoms with van der Waals surface area (Å²) in [7, 11) is 1.50. The van der Waals surface area contributed by atoms with Gasteiger partial charge in [0.1, 0.15) is 40.6 Å². The molecule has 0 aliphatic rings. The molecule has 4 rings (SSSR count). The minimum atomic E-state index is -0.849. The summed E-state index contributed by atoms with van der Waals surface area (Å²) in [5.41, 5.74) is -1.04. The monoisotopic (exact) mass is 426 g/mol. The van der Waals surface area contributed by atoms with Crippen molar-refractivity contribution in [2.24, 2.45) is 0 Å². The van der Waals surface area contributed by atoms with Gasteiger partial charge in [-0.3, -0.25) is 13.8 Å². The zero-order valence-corrected chi connectivity index (χ0v) is 17.2. The molecule has 0 saturated carbocycles. The highest BCUT2D eigenvalue weighted by Gasteiger charge is 2.30. The van der Waals surface area contributed by atoms with Crippen LogP contribution >= 0.6 is 0 Å². The summed E-state index contributed by atoms with van der Waals surface area (Å²) in [4.78, 5) is 22.1. The van der Waals surface area contributed by atoms with Crippen molar-refractivity contribution in [3.05, 3.63) is 46.1 Å². The Labute approximate surface area is 175 Å². The number of benzene rings is 1. The fourth-order valence-corrected chi connectivity index (χ4v) is 3.37. The van der Waals surface area contributed by atoms with Crippen LogP contribution in [0.4, 0.5) is 4.39 Å². The molecule has 1 aromatic carbocycles. The van der Waals surface area contributed by atoms with E-state index in [0.29, 0.717) is 5.52 Å². The average molecular weight is 426 g/mol. The highest BCUT2D eigenvalue weighted by molar-refractivity contribution is 5.87. The lowest BCUT2D eigenvalue weighted by molar-refractivity contribution is -0.00786. The number of aliphatic hydroxyl groups is 1. The van der Waals surface area contributed by atoms with E-state index in [4.69, 9.17) is 9.26 Å². The number of methoxy groups -OCH3 is 1. The minimum absolute atomic E-state index is 0.0693. The molecule has 1 unspecified atom stereocenters. The van der Waals surface area contributed by atoms with E-state index in [2.05, 4.69) is 15.1 Å². The van der Waals surface area contributed by atoms with E-state index in [0.717, 1.165) is 6.07 Å². The van der Waals surface area contributed by atoms with Crippen LogP contribution in [0.1, 0.15) is 38.3 Å². The van der Waals surface area contributed by atoms with E-state index in [1.54, 1.807) is 20.8 Å². The van der Waals surface area contributed by atoms with E-state index in [1.807, 2.05) is 6.07 Å².